The van der Waals surface area contributed by atoms with Crippen molar-refractivity contribution >= 4 is 15.5 Å². The van der Waals surface area contributed by atoms with Crippen LogP contribution in [0.5, 0.6) is 5.75 Å². The minimum Gasteiger partial charge on any atom is -0.488 e. The second kappa shape index (κ2) is 4.40. The minimum atomic E-state index is -2.85. The molecule has 104 valence electrons. The average molecular weight is 281 g/mol. The Kier molecular flexibility index (Phi) is 2.96. The summed E-state index contributed by atoms with van der Waals surface area (Å²) in [7, 11) is -2.85. The monoisotopic (exact) mass is 281 g/mol. The van der Waals surface area contributed by atoms with Crippen LogP contribution in [0, 0.1) is 0 Å². The van der Waals surface area contributed by atoms with Crippen LogP contribution in [-0.2, 0) is 16.3 Å². The van der Waals surface area contributed by atoms with Gasteiger partial charge in [-0.1, -0.05) is 0 Å². The van der Waals surface area contributed by atoms with Crippen molar-refractivity contribution < 1.29 is 13.2 Å². The van der Waals surface area contributed by atoms with Gasteiger partial charge in [0.15, 0.2) is 9.84 Å². The van der Waals surface area contributed by atoms with E-state index in [-0.39, 0.29) is 17.1 Å². The molecule has 19 heavy (non-hydrogen) atoms. The predicted octanol–water partition coefficient (Wildman–Crippen LogP) is 2.00. The standard InChI is InChI=1S/C14H19NO3S/c1-14(5-8-19(16,17)9-6-14)18-12-2-3-13-11(10-12)4-7-15-13/h2-3,10,15H,4-9H2,1H3. The summed E-state index contributed by atoms with van der Waals surface area (Å²) in [6.07, 6.45) is 2.17. The molecular weight excluding hydrogens is 262 g/mol. The summed E-state index contributed by atoms with van der Waals surface area (Å²) in [6.45, 7) is 2.99. The van der Waals surface area contributed by atoms with Gasteiger partial charge in [0, 0.05) is 25.1 Å². The average Bonchev–Trinajstić information content (AvgIpc) is 2.81. The van der Waals surface area contributed by atoms with E-state index < -0.39 is 9.84 Å². The minimum absolute atomic E-state index is 0.232. The van der Waals surface area contributed by atoms with E-state index in [4.69, 9.17) is 4.74 Å². The molecule has 3 rings (SSSR count). The van der Waals surface area contributed by atoms with Gasteiger partial charge in [-0.25, -0.2) is 8.42 Å². The van der Waals surface area contributed by atoms with E-state index in [0.29, 0.717) is 12.8 Å². The maximum atomic E-state index is 11.5. The molecule has 1 aromatic rings. The van der Waals surface area contributed by atoms with Crippen LogP contribution < -0.4 is 10.1 Å². The van der Waals surface area contributed by atoms with Gasteiger partial charge in [-0.05, 0) is 37.1 Å². The number of hydrogen-bond acceptors (Lipinski definition) is 4. The lowest BCUT2D eigenvalue weighted by Crippen LogP contribution is -2.41. The molecule has 1 saturated heterocycles. The summed E-state index contributed by atoms with van der Waals surface area (Å²) in [6, 6.07) is 6.08. The summed E-state index contributed by atoms with van der Waals surface area (Å²) >= 11 is 0. The molecule has 0 aliphatic carbocycles. The number of hydrogen-bond donors (Lipinski definition) is 1. The highest BCUT2D eigenvalue weighted by Gasteiger charge is 2.35. The summed E-state index contributed by atoms with van der Waals surface area (Å²) in [4.78, 5) is 0. The van der Waals surface area contributed by atoms with Gasteiger partial charge in [-0.2, -0.15) is 0 Å². The van der Waals surface area contributed by atoms with Crippen LogP contribution in [0.4, 0.5) is 5.69 Å². The van der Waals surface area contributed by atoms with Gasteiger partial charge in [0.1, 0.15) is 11.4 Å². The SMILES string of the molecule is CC1(Oc2ccc3c(c2)CCN3)CCS(=O)(=O)CC1. The van der Waals surface area contributed by atoms with Gasteiger partial charge in [0.05, 0.1) is 11.5 Å². The maximum Gasteiger partial charge on any atom is 0.150 e. The van der Waals surface area contributed by atoms with Crippen molar-refractivity contribution in [2.75, 3.05) is 23.4 Å². The van der Waals surface area contributed by atoms with E-state index in [1.54, 1.807) is 0 Å². The Morgan fingerprint density at radius 2 is 2.00 bits per heavy atom. The molecular formula is C14H19NO3S. The van der Waals surface area contributed by atoms with Crippen molar-refractivity contribution in [2.24, 2.45) is 0 Å². The number of fused-ring (bicyclic) bond motifs is 1. The molecule has 1 N–H and O–H groups in total. The second-order valence-corrected chi connectivity index (χ2v) is 8.00. The van der Waals surface area contributed by atoms with Crippen molar-refractivity contribution in [1.29, 1.82) is 0 Å². The van der Waals surface area contributed by atoms with Crippen molar-refractivity contribution in [3.05, 3.63) is 23.8 Å². The molecule has 0 atom stereocenters. The first kappa shape index (κ1) is 12.8. The third kappa shape index (κ3) is 2.71. The van der Waals surface area contributed by atoms with Gasteiger partial charge >= 0.3 is 0 Å². The van der Waals surface area contributed by atoms with Crippen molar-refractivity contribution in [3.8, 4) is 5.75 Å². The quantitative estimate of drug-likeness (QED) is 0.901. The van der Waals surface area contributed by atoms with Gasteiger partial charge in [0.25, 0.3) is 0 Å². The maximum absolute atomic E-state index is 11.5. The van der Waals surface area contributed by atoms with Gasteiger partial charge in [-0.3, -0.25) is 0 Å². The number of ether oxygens (including phenoxy) is 1. The first-order chi connectivity index (χ1) is 8.96. The van der Waals surface area contributed by atoms with Crippen molar-refractivity contribution in [3.63, 3.8) is 0 Å². The third-order valence-corrected chi connectivity index (χ3v) is 5.69. The Hall–Kier alpha value is -1.23. The van der Waals surface area contributed by atoms with Gasteiger partial charge < -0.3 is 10.1 Å². The fourth-order valence-electron chi connectivity index (χ4n) is 2.70. The topological polar surface area (TPSA) is 55.4 Å². The van der Waals surface area contributed by atoms with E-state index in [0.717, 1.165) is 18.7 Å². The summed E-state index contributed by atoms with van der Waals surface area (Å²) in [5.74, 6) is 1.32. The number of anilines is 1. The highest BCUT2D eigenvalue weighted by Crippen LogP contribution is 2.32. The largest absolute Gasteiger partial charge is 0.488 e. The van der Waals surface area contributed by atoms with E-state index >= 15 is 0 Å². The Morgan fingerprint density at radius 1 is 1.26 bits per heavy atom. The summed E-state index contributed by atoms with van der Waals surface area (Å²) < 4.78 is 29.0. The molecule has 0 spiro atoms. The van der Waals surface area contributed by atoms with Crippen LogP contribution in [0.25, 0.3) is 0 Å². The normalized spacial score (nSPS) is 23.4. The van der Waals surface area contributed by atoms with Crippen LogP contribution in [0.3, 0.4) is 0 Å². The zero-order valence-electron chi connectivity index (χ0n) is 11.1. The first-order valence-electron chi connectivity index (χ1n) is 6.72. The molecule has 0 amide bonds. The van der Waals surface area contributed by atoms with Crippen LogP contribution in [0.15, 0.2) is 18.2 Å². The second-order valence-electron chi connectivity index (χ2n) is 5.70. The fourth-order valence-corrected chi connectivity index (χ4v) is 4.39. The smallest absolute Gasteiger partial charge is 0.150 e. The van der Waals surface area contributed by atoms with E-state index in [2.05, 4.69) is 11.4 Å². The molecule has 2 heterocycles. The van der Waals surface area contributed by atoms with Crippen LogP contribution in [-0.4, -0.2) is 32.1 Å². The highest BCUT2D eigenvalue weighted by molar-refractivity contribution is 7.91. The number of nitrogens with one attached hydrogen (secondary N) is 1. The zero-order chi connectivity index (χ0) is 13.5. The summed E-state index contributed by atoms with van der Waals surface area (Å²) in [5, 5.41) is 3.32. The van der Waals surface area contributed by atoms with Gasteiger partial charge in [0.2, 0.25) is 0 Å². The molecule has 4 nitrogen and oxygen atoms in total. The fraction of sp³-hybridized carbons (Fsp3) is 0.571. The van der Waals surface area contributed by atoms with Gasteiger partial charge in [-0.15, -0.1) is 0 Å². The highest BCUT2D eigenvalue weighted by atomic mass is 32.2. The van der Waals surface area contributed by atoms with Crippen molar-refractivity contribution in [1.82, 2.24) is 0 Å². The molecule has 5 heteroatoms. The lowest BCUT2D eigenvalue weighted by molar-refractivity contribution is 0.0779. The number of rotatable bonds is 2. The molecule has 0 bridgehead atoms. The van der Waals surface area contributed by atoms with Crippen LogP contribution in [0.1, 0.15) is 25.3 Å². The third-order valence-electron chi connectivity index (χ3n) is 4.03. The Balaban J connectivity index is 1.74. The number of benzene rings is 1. The van der Waals surface area contributed by atoms with E-state index in [1.807, 2.05) is 19.1 Å². The predicted molar refractivity (Wildman–Crippen MR) is 75.6 cm³/mol. The molecule has 1 aromatic carbocycles. The Morgan fingerprint density at radius 3 is 2.74 bits per heavy atom. The Labute approximate surface area is 114 Å². The molecule has 1 fully saturated rings. The van der Waals surface area contributed by atoms with E-state index in [1.165, 1.54) is 11.3 Å². The Bertz CT molecular complexity index is 581. The summed E-state index contributed by atoms with van der Waals surface area (Å²) in [5.41, 5.74) is 2.11. The molecule has 0 unspecified atom stereocenters. The van der Waals surface area contributed by atoms with Crippen LogP contribution in [0.2, 0.25) is 0 Å². The first-order valence-corrected chi connectivity index (χ1v) is 8.54. The molecule has 0 radical (unpaired) electrons. The zero-order valence-corrected chi connectivity index (χ0v) is 11.9. The van der Waals surface area contributed by atoms with Crippen LogP contribution >= 0.6 is 0 Å². The van der Waals surface area contributed by atoms with Crippen molar-refractivity contribution in [2.45, 2.75) is 31.8 Å². The molecule has 0 aromatic heterocycles. The number of sulfone groups is 1. The lowest BCUT2D eigenvalue weighted by Gasteiger charge is -2.34. The molecule has 2 aliphatic heterocycles. The van der Waals surface area contributed by atoms with E-state index in [9.17, 15) is 8.42 Å². The lowest BCUT2D eigenvalue weighted by atomic mass is 9.99. The molecule has 0 saturated carbocycles. The molecule has 2 aliphatic rings.